The Hall–Kier alpha value is -3.28. The van der Waals surface area contributed by atoms with Crippen molar-refractivity contribution in [3.05, 3.63) is 59.8 Å². The van der Waals surface area contributed by atoms with Gasteiger partial charge in [-0.05, 0) is 19.1 Å². The minimum Gasteiger partial charge on any atom is -0.504 e. The molecule has 0 saturated heterocycles. The van der Waals surface area contributed by atoms with E-state index in [2.05, 4.69) is 10.3 Å². The first kappa shape index (κ1) is 17.5. The molecule has 0 aliphatic carbocycles. The van der Waals surface area contributed by atoms with Gasteiger partial charge in [-0.3, -0.25) is 4.98 Å². The number of phenols is 1. The van der Waals surface area contributed by atoms with Crippen LogP contribution in [-0.4, -0.2) is 29.8 Å². The molecule has 2 aromatic carbocycles. The van der Waals surface area contributed by atoms with Gasteiger partial charge in [0.15, 0.2) is 11.5 Å². The lowest BCUT2D eigenvalue weighted by molar-refractivity contribution is 0.0527. The molecule has 0 fully saturated rings. The van der Waals surface area contributed by atoms with Crippen LogP contribution in [0.25, 0.3) is 10.9 Å². The van der Waals surface area contributed by atoms with Crippen LogP contribution >= 0.6 is 0 Å². The average molecular weight is 352 g/mol. The number of anilines is 1. The van der Waals surface area contributed by atoms with Crippen LogP contribution in [0.5, 0.6) is 11.5 Å². The van der Waals surface area contributed by atoms with Crippen LogP contribution in [0.2, 0.25) is 0 Å². The number of hydrogen-bond donors (Lipinski definition) is 2. The van der Waals surface area contributed by atoms with Crippen LogP contribution in [0.4, 0.5) is 5.69 Å². The number of phenolic OH excluding ortho intramolecular Hbond substituents is 1. The summed E-state index contributed by atoms with van der Waals surface area (Å²) in [5, 5.41) is 14.3. The molecule has 2 N–H and O–H groups in total. The number of nitrogens with zero attached hydrogens (tertiary/aromatic N) is 1. The Bertz CT molecular complexity index is 940. The molecule has 1 heterocycles. The Kier molecular flexibility index (Phi) is 5.22. The molecular formula is C20H20N2O4. The summed E-state index contributed by atoms with van der Waals surface area (Å²) in [5.41, 5.74) is 2.39. The summed E-state index contributed by atoms with van der Waals surface area (Å²) in [6, 6.07) is 12.8. The number of aromatic nitrogens is 1. The summed E-state index contributed by atoms with van der Waals surface area (Å²) in [7, 11) is 1.50. The van der Waals surface area contributed by atoms with Gasteiger partial charge in [0.25, 0.3) is 0 Å². The molecule has 0 spiro atoms. The van der Waals surface area contributed by atoms with Gasteiger partial charge in [0.1, 0.15) is 5.56 Å². The first-order valence-electron chi connectivity index (χ1n) is 8.29. The highest BCUT2D eigenvalue weighted by Crippen LogP contribution is 2.32. The number of pyridine rings is 1. The van der Waals surface area contributed by atoms with Gasteiger partial charge in [-0.2, -0.15) is 0 Å². The molecule has 0 aliphatic rings. The molecule has 134 valence electrons. The number of nitrogens with one attached hydrogen (secondary N) is 1. The summed E-state index contributed by atoms with van der Waals surface area (Å²) in [6.45, 7) is 2.35. The minimum absolute atomic E-state index is 0.0681. The van der Waals surface area contributed by atoms with E-state index in [0.29, 0.717) is 29.1 Å². The molecule has 0 saturated carbocycles. The molecule has 0 bridgehead atoms. The number of aromatic hydroxyl groups is 1. The zero-order valence-corrected chi connectivity index (χ0v) is 14.7. The van der Waals surface area contributed by atoms with E-state index in [1.165, 1.54) is 13.3 Å². The van der Waals surface area contributed by atoms with Crippen LogP contribution in [0, 0.1) is 0 Å². The summed E-state index contributed by atoms with van der Waals surface area (Å²) in [6.07, 6.45) is 1.51. The van der Waals surface area contributed by atoms with E-state index < -0.39 is 5.97 Å². The Morgan fingerprint density at radius 2 is 2.00 bits per heavy atom. The highest BCUT2D eigenvalue weighted by atomic mass is 16.5. The van der Waals surface area contributed by atoms with Crippen LogP contribution in [0.3, 0.4) is 0 Å². The van der Waals surface area contributed by atoms with E-state index in [4.69, 9.17) is 9.47 Å². The average Bonchev–Trinajstić information content (AvgIpc) is 2.67. The fourth-order valence-corrected chi connectivity index (χ4v) is 2.75. The van der Waals surface area contributed by atoms with Gasteiger partial charge in [-0.1, -0.05) is 30.3 Å². The van der Waals surface area contributed by atoms with Gasteiger partial charge in [-0.15, -0.1) is 0 Å². The monoisotopic (exact) mass is 352 g/mol. The van der Waals surface area contributed by atoms with Crippen molar-refractivity contribution in [2.24, 2.45) is 0 Å². The van der Waals surface area contributed by atoms with E-state index in [-0.39, 0.29) is 12.4 Å². The van der Waals surface area contributed by atoms with Crippen molar-refractivity contribution in [1.82, 2.24) is 4.98 Å². The molecule has 6 heteroatoms. The molecule has 0 atom stereocenters. The maximum absolute atomic E-state index is 12.3. The second-order valence-corrected chi connectivity index (χ2v) is 5.61. The second-order valence-electron chi connectivity index (χ2n) is 5.61. The van der Waals surface area contributed by atoms with Gasteiger partial charge in [0, 0.05) is 23.7 Å². The summed E-state index contributed by atoms with van der Waals surface area (Å²) in [5.74, 6) is 0.0242. The normalized spacial score (nSPS) is 10.5. The lowest BCUT2D eigenvalue weighted by Gasteiger charge is -2.15. The van der Waals surface area contributed by atoms with Crippen molar-refractivity contribution in [3.8, 4) is 11.5 Å². The lowest BCUT2D eigenvalue weighted by atomic mass is 10.1. The molecule has 1 aromatic heterocycles. The van der Waals surface area contributed by atoms with Crippen molar-refractivity contribution < 1.29 is 19.4 Å². The first-order chi connectivity index (χ1) is 12.7. The third-order valence-corrected chi connectivity index (χ3v) is 4.03. The largest absolute Gasteiger partial charge is 0.504 e. The number of ether oxygens (including phenoxy) is 2. The number of carbonyl (C=O) groups is 1. The second kappa shape index (κ2) is 7.74. The number of carbonyl (C=O) groups excluding carboxylic acids is 1. The molecule has 0 unspecified atom stereocenters. The maximum atomic E-state index is 12.3. The van der Waals surface area contributed by atoms with Gasteiger partial charge < -0.3 is 19.9 Å². The molecule has 6 nitrogen and oxygen atoms in total. The Balaban J connectivity index is 2.00. The van der Waals surface area contributed by atoms with E-state index in [0.717, 1.165) is 10.9 Å². The van der Waals surface area contributed by atoms with Gasteiger partial charge in [0.2, 0.25) is 0 Å². The number of hydrogen-bond acceptors (Lipinski definition) is 6. The predicted octanol–water partition coefficient (Wildman–Crippen LogP) is 3.74. The SMILES string of the molecule is CCOC(=O)c1cnc2ccccc2c1NCc1cccc(OC)c1O. The van der Waals surface area contributed by atoms with Gasteiger partial charge in [0.05, 0.1) is 24.9 Å². The van der Waals surface area contributed by atoms with Gasteiger partial charge >= 0.3 is 5.97 Å². The number of benzene rings is 2. The molecule has 3 rings (SSSR count). The summed E-state index contributed by atoms with van der Waals surface area (Å²) < 4.78 is 10.3. The van der Waals surface area contributed by atoms with Crippen molar-refractivity contribution in [3.63, 3.8) is 0 Å². The zero-order chi connectivity index (χ0) is 18.5. The number of rotatable bonds is 6. The molecule has 3 aromatic rings. The Morgan fingerprint density at radius 3 is 2.77 bits per heavy atom. The zero-order valence-electron chi connectivity index (χ0n) is 14.7. The minimum atomic E-state index is -0.442. The molecule has 0 amide bonds. The third kappa shape index (κ3) is 3.39. The smallest absolute Gasteiger partial charge is 0.341 e. The summed E-state index contributed by atoms with van der Waals surface area (Å²) in [4.78, 5) is 16.7. The predicted molar refractivity (Wildman–Crippen MR) is 99.7 cm³/mol. The standard InChI is InChI=1S/C20H20N2O4/c1-3-26-20(24)15-12-21-16-9-5-4-8-14(16)18(15)22-11-13-7-6-10-17(25-2)19(13)23/h4-10,12,23H,3,11H2,1-2H3,(H,21,22). The van der Waals surface area contributed by atoms with Gasteiger partial charge in [-0.25, -0.2) is 4.79 Å². The highest BCUT2D eigenvalue weighted by molar-refractivity contribution is 6.04. The fourth-order valence-electron chi connectivity index (χ4n) is 2.75. The fraction of sp³-hybridized carbons (Fsp3) is 0.200. The highest BCUT2D eigenvalue weighted by Gasteiger charge is 2.17. The van der Waals surface area contributed by atoms with Crippen molar-refractivity contribution in [1.29, 1.82) is 0 Å². The van der Waals surface area contributed by atoms with Crippen LogP contribution in [0.15, 0.2) is 48.7 Å². The number of methoxy groups -OCH3 is 1. The number of para-hydroxylation sites is 2. The Labute approximate surface area is 151 Å². The van der Waals surface area contributed by atoms with Crippen molar-refractivity contribution in [2.75, 3.05) is 19.0 Å². The number of fused-ring (bicyclic) bond motifs is 1. The quantitative estimate of drug-likeness (QED) is 0.658. The van der Waals surface area contributed by atoms with E-state index in [1.807, 2.05) is 24.3 Å². The third-order valence-electron chi connectivity index (χ3n) is 4.03. The molecular weight excluding hydrogens is 332 g/mol. The van der Waals surface area contributed by atoms with E-state index >= 15 is 0 Å². The maximum Gasteiger partial charge on any atom is 0.341 e. The number of esters is 1. The summed E-state index contributed by atoms with van der Waals surface area (Å²) >= 11 is 0. The molecule has 0 radical (unpaired) electrons. The lowest BCUT2D eigenvalue weighted by Crippen LogP contribution is -2.11. The van der Waals surface area contributed by atoms with Crippen LogP contribution in [-0.2, 0) is 11.3 Å². The Morgan fingerprint density at radius 1 is 1.19 bits per heavy atom. The topological polar surface area (TPSA) is 80.7 Å². The first-order valence-corrected chi connectivity index (χ1v) is 8.29. The van der Waals surface area contributed by atoms with Crippen LogP contribution < -0.4 is 10.1 Å². The molecule has 0 aliphatic heterocycles. The molecule has 26 heavy (non-hydrogen) atoms. The van der Waals surface area contributed by atoms with Crippen molar-refractivity contribution >= 4 is 22.6 Å². The van der Waals surface area contributed by atoms with E-state index in [1.54, 1.807) is 25.1 Å². The van der Waals surface area contributed by atoms with E-state index in [9.17, 15) is 9.90 Å². The van der Waals surface area contributed by atoms with Crippen LogP contribution in [0.1, 0.15) is 22.8 Å². The van der Waals surface area contributed by atoms with Crippen molar-refractivity contribution in [2.45, 2.75) is 13.5 Å².